The van der Waals surface area contributed by atoms with Crippen LogP contribution in [0.4, 0.5) is 0 Å². The van der Waals surface area contributed by atoms with Gasteiger partial charge in [0.25, 0.3) is 0 Å². The van der Waals surface area contributed by atoms with Gasteiger partial charge in [-0.15, -0.1) is 0 Å². The van der Waals surface area contributed by atoms with Crippen molar-refractivity contribution < 1.29 is 58.0 Å². The molecule has 0 saturated heterocycles. The van der Waals surface area contributed by atoms with Crippen molar-refractivity contribution >= 4 is 0 Å². The van der Waals surface area contributed by atoms with Crippen LogP contribution in [-0.2, 0) is 33.1 Å². The minimum Gasteiger partial charge on any atom is -1.00 e. The average molecular weight is 364 g/mol. The van der Waals surface area contributed by atoms with Gasteiger partial charge in [0.15, 0.2) is 0 Å². The molecule has 0 bridgehead atoms. The zero-order valence-electron chi connectivity index (χ0n) is 8.21. The van der Waals surface area contributed by atoms with Gasteiger partial charge in [0, 0.05) is 0 Å². The van der Waals surface area contributed by atoms with Crippen LogP contribution in [0.5, 0.6) is 0 Å². The number of aryl methyl sites for hydroxylation is 2. The number of nitrogens with zero attached hydrogens (tertiary/aromatic N) is 2. The summed E-state index contributed by atoms with van der Waals surface area (Å²) in [5, 5.41) is 0. The Morgan fingerprint density at radius 2 is 1.92 bits per heavy atom. The van der Waals surface area contributed by atoms with Gasteiger partial charge in [0.1, 0.15) is 12.4 Å². The number of imidazole rings is 1. The van der Waals surface area contributed by atoms with Gasteiger partial charge in [-0.2, -0.15) is 0 Å². The summed E-state index contributed by atoms with van der Waals surface area (Å²) >= 11 is 0. The van der Waals surface area contributed by atoms with Gasteiger partial charge in [-0.25, -0.2) is 9.13 Å². The SMILES string of the molecule is CCCC[n+]1ccn(C)c1.[Br-].[Br-].[Zn+]. The van der Waals surface area contributed by atoms with E-state index in [4.69, 9.17) is 0 Å². The Hall–Kier alpha value is 0.793. The first-order valence-electron chi connectivity index (χ1n) is 3.84. The summed E-state index contributed by atoms with van der Waals surface area (Å²) in [4.78, 5) is 0. The largest absolute Gasteiger partial charge is 1.00 e. The van der Waals surface area contributed by atoms with Crippen molar-refractivity contribution in [1.82, 2.24) is 4.57 Å². The minimum atomic E-state index is 0. The first-order chi connectivity index (χ1) is 4.83. The standard InChI is InChI=1S/C8H15N2.2BrH.Zn/c1-3-4-5-10-7-6-9(2)8-10;;;/h6-8H,3-5H2,1-2H3;2*1H;/q+1;;;+1/p-2. The molecule has 2 nitrogen and oxygen atoms in total. The molecule has 0 amide bonds. The molecule has 13 heavy (non-hydrogen) atoms. The van der Waals surface area contributed by atoms with Crippen molar-refractivity contribution in [3.63, 3.8) is 0 Å². The Kier molecular flexibility index (Phi) is 16.2. The van der Waals surface area contributed by atoms with E-state index in [0.717, 1.165) is 6.54 Å². The third-order valence-electron chi connectivity index (χ3n) is 1.59. The van der Waals surface area contributed by atoms with E-state index in [1.54, 1.807) is 0 Å². The zero-order chi connectivity index (χ0) is 7.40. The smallest absolute Gasteiger partial charge is 1.00 e. The molecule has 0 N–H and O–H groups in total. The summed E-state index contributed by atoms with van der Waals surface area (Å²) in [6.45, 7) is 3.36. The summed E-state index contributed by atoms with van der Waals surface area (Å²) in [6, 6.07) is 0. The molecule has 0 aromatic carbocycles. The molecule has 0 aliphatic heterocycles. The number of rotatable bonds is 3. The maximum absolute atomic E-state index is 2.21. The second-order valence-electron chi connectivity index (χ2n) is 2.67. The van der Waals surface area contributed by atoms with Crippen LogP contribution in [0.2, 0.25) is 0 Å². The van der Waals surface area contributed by atoms with Crippen LogP contribution in [0.15, 0.2) is 18.7 Å². The predicted octanol–water partition coefficient (Wildman–Crippen LogP) is -4.88. The normalized spacial score (nSPS) is 7.85. The fraction of sp³-hybridized carbons (Fsp3) is 0.625. The molecule has 0 aliphatic carbocycles. The van der Waals surface area contributed by atoms with Crippen molar-refractivity contribution in [3.05, 3.63) is 18.7 Å². The number of hydrogen-bond acceptors (Lipinski definition) is 0. The van der Waals surface area contributed by atoms with Crippen LogP contribution in [-0.4, -0.2) is 4.57 Å². The van der Waals surface area contributed by atoms with Gasteiger partial charge in [0.05, 0.1) is 13.6 Å². The molecule has 73 valence electrons. The van der Waals surface area contributed by atoms with Gasteiger partial charge in [-0.1, -0.05) is 13.3 Å². The van der Waals surface area contributed by atoms with E-state index in [2.05, 4.69) is 34.8 Å². The molecule has 0 aliphatic rings. The number of hydrogen-bond donors (Lipinski definition) is 0. The molecule has 0 fully saturated rings. The van der Waals surface area contributed by atoms with Crippen LogP contribution in [0.25, 0.3) is 0 Å². The number of unbranched alkanes of at least 4 members (excludes halogenated alkanes) is 1. The van der Waals surface area contributed by atoms with Crippen molar-refractivity contribution in [3.8, 4) is 0 Å². The van der Waals surface area contributed by atoms with Crippen LogP contribution >= 0.6 is 0 Å². The summed E-state index contributed by atoms with van der Waals surface area (Å²) in [7, 11) is 2.04. The second kappa shape index (κ2) is 10.9. The quantitative estimate of drug-likeness (QED) is 0.376. The molecule has 0 unspecified atom stereocenters. The van der Waals surface area contributed by atoms with E-state index in [0.29, 0.717) is 0 Å². The van der Waals surface area contributed by atoms with E-state index in [9.17, 15) is 0 Å². The second-order valence-corrected chi connectivity index (χ2v) is 2.67. The Balaban J connectivity index is -0.000000333. The van der Waals surface area contributed by atoms with Gasteiger partial charge >= 0.3 is 19.5 Å². The van der Waals surface area contributed by atoms with E-state index in [1.165, 1.54) is 12.8 Å². The molecule has 0 spiro atoms. The van der Waals surface area contributed by atoms with Crippen molar-refractivity contribution in [1.29, 1.82) is 0 Å². The zero-order valence-corrected chi connectivity index (χ0v) is 14.3. The van der Waals surface area contributed by atoms with E-state index < -0.39 is 0 Å². The van der Waals surface area contributed by atoms with Gasteiger partial charge in [0.2, 0.25) is 6.33 Å². The molecule has 0 atom stereocenters. The number of aromatic nitrogens is 2. The maximum Gasteiger partial charge on any atom is 1.00 e. The van der Waals surface area contributed by atoms with E-state index >= 15 is 0 Å². The molecule has 5 heteroatoms. The van der Waals surface area contributed by atoms with Crippen molar-refractivity contribution in [2.75, 3.05) is 0 Å². The maximum atomic E-state index is 2.21. The van der Waals surface area contributed by atoms with Crippen molar-refractivity contribution in [2.45, 2.75) is 26.3 Å². The first kappa shape index (κ1) is 19.4. The molecule has 1 radical (unpaired) electrons. The molecular formula is C8H15Br2N2Zn. The Bertz CT molecular complexity index is 204. The third-order valence-corrected chi connectivity index (χ3v) is 1.59. The minimum absolute atomic E-state index is 0. The molecule has 1 aromatic rings. The third kappa shape index (κ3) is 7.83. The summed E-state index contributed by atoms with van der Waals surface area (Å²) in [6.07, 6.45) is 8.82. The molecule has 0 saturated carbocycles. The Morgan fingerprint density at radius 3 is 2.31 bits per heavy atom. The average Bonchev–Trinajstić information content (AvgIpc) is 2.31. The topological polar surface area (TPSA) is 8.81 Å². The fourth-order valence-electron chi connectivity index (χ4n) is 0.975. The van der Waals surface area contributed by atoms with Crippen LogP contribution < -0.4 is 38.5 Å². The van der Waals surface area contributed by atoms with Crippen LogP contribution in [0.1, 0.15) is 19.8 Å². The number of halogens is 2. The fourth-order valence-corrected chi connectivity index (χ4v) is 0.975. The van der Waals surface area contributed by atoms with Crippen LogP contribution in [0.3, 0.4) is 0 Å². The first-order valence-corrected chi connectivity index (χ1v) is 3.84. The Morgan fingerprint density at radius 1 is 1.31 bits per heavy atom. The van der Waals surface area contributed by atoms with Gasteiger partial charge < -0.3 is 34.0 Å². The van der Waals surface area contributed by atoms with Crippen molar-refractivity contribution in [2.24, 2.45) is 7.05 Å². The summed E-state index contributed by atoms with van der Waals surface area (Å²) < 4.78 is 4.28. The van der Waals surface area contributed by atoms with E-state index in [1.807, 2.05) is 7.05 Å². The molecule has 1 heterocycles. The van der Waals surface area contributed by atoms with E-state index in [-0.39, 0.29) is 53.4 Å². The molecule has 1 rings (SSSR count). The van der Waals surface area contributed by atoms with Crippen LogP contribution in [0, 0.1) is 0 Å². The predicted molar refractivity (Wildman–Crippen MR) is 40.5 cm³/mol. The summed E-state index contributed by atoms with van der Waals surface area (Å²) in [5.41, 5.74) is 0. The molecular weight excluding hydrogens is 349 g/mol. The van der Waals surface area contributed by atoms with Gasteiger partial charge in [-0.05, 0) is 6.42 Å². The molecule has 1 aromatic heterocycles. The Labute approximate surface area is 114 Å². The van der Waals surface area contributed by atoms with Gasteiger partial charge in [-0.3, -0.25) is 0 Å². The summed E-state index contributed by atoms with van der Waals surface area (Å²) in [5.74, 6) is 0. The monoisotopic (exact) mass is 361 g/mol.